The van der Waals surface area contributed by atoms with Crippen LogP contribution in [0.3, 0.4) is 0 Å². The molecular formula is C49H64N2O12. The van der Waals surface area contributed by atoms with Crippen molar-refractivity contribution in [2.45, 2.75) is 171 Å². The molecule has 0 N–H and O–H groups in total. The summed E-state index contributed by atoms with van der Waals surface area (Å²) in [5, 5.41) is 0.518. The van der Waals surface area contributed by atoms with Crippen molar-refractivity contribution in [1.29, 1.82) is 0 Å². The third-order valence-electron chi connectivity index (χ3n) is 9.22. The van der Waals surface area contributed by atoms with Gasteiger partial charge in [-0.2, -0.15) is 0 Å². The summed E-state index contributed by atoms with van der Waals surface area (Å²) in [5.74, 6) is -6.99. The molecule has 63 heavy (non-hydrogen) atoms. The zero-order chi connectivity index (χ0) is 47.9. The first-order valence-electron chi connectivity index (χ1n) is 21.2. The van der Waals surface area contributed by atoms with E-state index >= 15 is 0 Å². The minimum absolute atomic E-state index is 0.0791. The van der Waals surface area contributed by atoms with Crippen LogP contribution in [0.4, 0.5) is 5.69 Å². The molecule has 0 aliphatic carbocycles. The number of pyridine rings is 1. The van der Waals surface area contributed by atoms with Crippen molar-refractivity contribution in [3.8, 4) is 0 Å². The van der Waals surface area contributed by atoms with Crippen LogP contribution < -0.4 is 4.90 Å². The van der Waals surface area contributed by atoms with Crippen molar-refractivity contribution in [1.82, 2.24) is 4.40 Å². The number of carbonyl (C=O) groups is 6. The van der Waals surface area contributed by atoms with E-state index in [9.17, 15) is 28.8 Å². The van der Waals surface area contributed by atoms with Crippen LogP contribution in [-0.4, -0.2) is 79.9 Å². The Morgan fingerprint density at radius 1 is 0.540 bits per heavy atom. The topological polar surface area (TPSA) is 165 Å². The fraction of sp³-hybridized carbons (Fsp3) is 0.551. The average Bonchev–Trinajstić information content (AvgIpc) is 3.58. The third kappa shape index (κ3) is 10.4. The lowest BCUT2D eigenvalue weighted by Crippen LogP contribution is -2.42. The van der Waals surface area contributed by atoms with Crippen LogP contribution in [0.1, 0.15) is 167 Å². The number of benzene rings is 1. The van der Waals surface area contributed by atoms with Gasteiger partial charge >= 0.3 is 35.8 Å². The quantitative estimate of drug-likeness (QED) is 0.170. The van der Waals surface area contributed by atoms with Gasteiger partial charge in [-0.15, -0.1) is 0 Å². The van der Waals surface area contributed by atoms with Gasteiger partial charge in [-0.25, -0.2) is 24.0 Å². The van der Waals surface area contributed by atoms with E-state index in [2.05, 4.69) is 0 Å². The molecule has 14 nitrogen and oxygen atoms in total. The minimum Gasteiger partial charge on any atom is -0.459 e. The molecule has 0 amide bonds. The summed E-state index contributed by atoms with van der Waals surface area (Å²) in [6, 6.07) is 4.10. The maximum Gasteiger partial charge on any atom is 0.356 e. The Hall–Kier alpha value is -5.66. The molecule has 0 saturated heterocycles. The summed E-state index contributed by atoms with van der Waals surface area (Å²) in [7, 11) is 0. The number of carbonyl (C=O) groups excluding carboxylic acids is 6. The molecular weight excluding hydrogens is 809 g/mol. The van der Waals surface area contributed by atoms with Gasteiger partial charge in [-0.05, 0) is 149 Å². The number of nitrogens with zero attached hydrogens (tertiary/aromatic N) is 2. The number of esters is 6. The Labute approximate surface area is 370 Å². The largest absolute Gasteiger partial charge is 0.459 e. The summed E-state index contributed by atoms with van der Waals surface area (Å²) >= 11 is 0. The van der Waals surface area contributed by atoms with E-state index in [4.69, 9.17) is 28.4 Å². The van der Waals surface area contributed by atoms with Gasteiger partial charge in [0.05, 0.1) is 28.3 Å². The highest BCUT2D eigenvalue weighted by Gasteiger charge is 2.54. The molecule has 1 aromatic carbocycles. The van der Waals surface area contributed by atoms with Crippen LogP contribution in [-0.2, 0) is 42.8 Å². The zero-order valence-electron chi connectivity index (χ0n) is 40.3. The number of aryl methyl sites for hydroxylation is 1. The monoisotopic (exact) mass is 872 g/mol. The predicted octanol–water partition coefficient (Wildman–Crippen LogP) is 9.38. The SMILES string of the molecule is Cc1cc2c(c3c1ccc1c(C(=O)OC(C)(C)C)c(C(=O)OC(C)(C)C)c(C(=O)OC(C)(C)C)n13)N1C(C(=O)OC(C)(C)C)=C(C(=O)OC(C)(C)C)[C@@H](C(=O)OC(C)(C)C)[C@@H]1C=C2. The molecule has 2 atom stereocenters. The molecule has 0 unspecified atom stereocenters. The summed E-state index contributed by atoms with van der Waals surface area (Å²) in [5.41, 5.74) is -6.18. The van der Waals surface area contributed by atoms with Gasteiger partial charge in [0.2, 0.25) is 0 Å². The van der Waals surface area contributed by atoms with E-state index in [0.717, 1.165) is 0 Å². The van der Waals surface area contributed by atoms with Crippen molar-refractivity contribution < 1.29 is 57.2 Å². The van der Waals surface area contributed by atoms with Crippen molar-refractivity contribution in [2.24, 2.45) is 5.92 Å². The lowest BCUT2D eigenvalue weighted by molar-refractivity contribution is -0.162. The van der Waals surface area contributed by atoms with Crippen molar-refractivity contribution in [3.05, 3.63) is 63.5 Å². The summed E-state index contributed by atoms with van der Waals surface area (Å²) < 4.78 is 37.2. The smallest absolute Gasteiger partial charge is 0.356 e. The number of hydrogen-bond acceptors (Lipinski definition) is 13. The molecule has 0 fully saturated rings. The number of hydrogen-bond donors (Lipinski definition) is 0. The van der Waals surface area contributed by atoms with E-state index in [-0.39, 0.29) is 39.2 Å². The van der Waals surface area contributed by atoms with E-state index in [1.165, 1.54) is 9.30 Å². The molecule has 0 radical (unpaired) electrons. The Balaban J connectivity index is 2.09. The highest BCUT2D eigenvalue weighted by Crippen LogP contribution is 2.50. The van der Waals surface area contributed by atoms with Crippen LogP contribution in [0.25, 0.3) is 22.5 Å². The molecule has 14 heteroatoms. The minimum atomic E-state index is -1.42. The normalized spacial score (nSPS) is 17.0. The maximum atomic E-state index is 14.9. The van der Waals surface area contributed by atoms with Crippen LogP contribution in [0.5, 0.6) is 0 Å². The number of rotatable bonds is 6. The van der Waals surface area contributed by atoms with Crippen LogP contribution in [0.15, 0.2) is 35.5 Å². The Morgan fingerprint density at radius 3 is 1.48 bits per heavy atom. The maximum absolute atomic E-state index is 14.9. The second-order valence-corrected chi connectivity index (χ2v) is 22.0. The Morgan fingerprint density at radius 2 is 0.984 bits per heavy atom. The Kier molecular flexibility index (Phi) is 12.2. The highest BCUT2D eigenvalue weighted by molar-refractivity contribution is 6.18. The first-order valence-corrected chi connectivity index (χ1v) is 21.2. The van der Waals surface area contributed by atoms with E-state index in [0.29, 0.717) is 16.5 Å². The average molecular weight is 873 g/mol. The predicted molar refractivity (Wildman–Crippen MR) is 238 cm³/mol. The molecule has 342 valence electrons. The molecule has 0 spiro atoms. The molecule has 2 aliphatic rings. The molecule has 2 aromatic heterocycles. The van der Waals surface area contributed by atoms with Crippen LogP contribution in [0.2, 0.25) is 0 Å². The van der Waals surface area contributed by atoms with Gasteiger partial charge in [-0.3, -0.25) is 9.20 Å². The fourth-order valence-corrected chi connectivity index (χ4v) is 7.49. The number of aromatic nitrogens is 1. The number of fused-ring (bicyclic) bond motifs is 7. The van der Waals surface area contributed by atoms with Crippen molar-refractivity contribution in [2.75, 3.05) is 4.90 Å². The van der Waals surface area contributed by atoms with Gasteiger partial charge in [0, 0.05) is 10.9 Å². The second kappa shape index (κ2) is 15.8. The molecule has 4 heterocycles. The van der Waals surface area contributed by atoms with Gasteiger partial charge in [0.15, 0.2) is 0 Å². The van der Waals surface area contributed by atoms with E-state index < -0.39 is 86.9 Å². The Bertz CT molecular complexity index is 2490. The zero-order valence-corrected chi connectivity index (χ0v) is 40.3. The fourth-order valence-electron chi connectivity index (χ4n) is 7.49. The van der Waals surface area contributed by atoms with Gasteiger partial charge in [0.25, 0.3) is 0 Å². The standard InChI is InChI=1S/C49H64N2O12/c1-25-24-26-20-22-28-30(38(52)58-44(2,3)4)32(40(54)60-46(8,9)10)36(42(56)62-48(14,15)16)50(28)34(26)35-27(25)21-23-29-31(39(53)59-45(5,6)7)33(41(55)61-47(11,12)13)37(51(29)35)43(57)63-49(17,18)19/h20-24,28,30H,1-19H3/t28-,30-/m0/s1. The van der Waals surface area contributed by atoms with Crippen LogP contribution in [0, 0.1) is 12.8 Å². The summed E-state index contributed by atoms with van der Waals surface area (Å²) in [6.45, 7) is 31.9. The lowest BCUT2D eigenvalue weighted by Gasteiger charge is -2.36. The van der Waals surface area contributed by atoms with Gasteiger partial charge in [0.1, 0.15) is 62.0 Å². The van der Waals surface area contributed by atoms with Crippen molar-refractivity contribution in [3.63, 3.8) is 0 Å². The molecule has 3 aromatic rings. The van der Waals surface area contributed by atoms with E-state index in [1.54, 1.807) is 149 Å². The number of ether oxygens (including phenoxy) is 6. The highest BCUT2D eigenvalue weighted by atomic mass is 16.6. The molecule has 2 aliphatic heterocycles. The summed E-state index contributed by atoms with van der Waals surface area (Å²) in [4.78, 5) is 89.5. The first-order chi connectivity index (χ1) is 28.4. The van der Waals surface area contributed by atoms with Gasteiger partial charge in [-0.1, -0.05) is 18.2 Å². The van der Waals surface area contributed by atoms with E-state index in [1.807, 2.05) is 13.0 Å². The van der Waals surface area contributed by atoms with Gasteiger partial charge < -0.3 is 33.3 Å². The first kappa shape index (κ1) is 48.4. The number of anilines is 1. The third-order valence-corrected chi connectivity index (χ3v) is 9.22. The molecule has 5 rings (SSSR count). The summed E-state index contributed by atoms with van der Waals surface area (Å²) in [6.07, 6.45) is 3.46. The van der Waals surface area contributed by atoms with Crippen LogP contribution >= 0.6 is 0 Å². The molecule has 0 bridgehead atoms. The second-order valence-electron chi connectivity index (χ2n) is 22.0. The lowest BCUT2D eigenvalue weighted by atomic mass is 9.90. The molecule has 0 saturated carbocycles. The van der Waals surface area contributed by atoms with Crippen molar-refractivity contribution >= 4 is 64.0 Å².